The minimum Gasteiger partial charge on any atom is -0.462 e. The average molecular weight is 720 g/mol. The van der Waals surface area contributed by atoms with Gasteiger partial charge in [-0.05, 0) is 107 Å². The quantitative estimate of drug-likeness (QED) is 0.224. The highest BCUT2D eigenvalue weighted by Gasteiger charge is 2.56. The van der Waals surface area contributed by atoms with Crippen molar-refractivity contribution in [2.75, 3.05) is 6.61 Å². The van der Waals surface area contributed by atoms with Gasteiger partial charge in [0.05, 0.1) is 21.7 Å². The second-order valence-corrected chi connectivity index (χ2v) is 17.6. The maximum atomic E-state index is 13.7. The Balaban J connectivity index is 2.26. The van der Waals surface area contributed by atoms with Crippen molar-refractivity contribution >= 4 is 41.3 Å². The van der Waals surface area contributed by atoms with Crippen LogP contribution in [0.25, 0.3) is 0 Å². The Morgan fingerprint density at radius 3 is 1.72 bits per heavy atom. The van der Waals surface area contributed by atoms with E-state index in [4.69, 9.17) is 35.3 Å². The molecule has 0 radical (unpaired) electrons. The summed E-state index contributed by atoms with van der Waals surface area (Å²) in [4.78, 5) is 68.4. The molecule has 50 heavy (non-hydrogen) atoms. The molecule has 0 bridgehead atoms. The largest absolute Gasteiger partial charge is 0.462 e. The number of nitrogens with zero attached hydrogens (tertiary/aromatic N) is 1. The summed E-state index contributed by atoms with van der Waals surface area (Å²) < 4.78 is 30.8. The van der Waals surface area contributed by atoms with Crippen LogP contribution in [0.1, 0.15) is 95.1 Å². The summed E-state index contributed by atoms with van der Waals surface area (Å²) in [6.07, 6.45) is -3.20. The Hall–Kier alpha value is -3.44. The first-order valence-electron chi connectivity index (χ1n) is 17.0. The summed E-state index contributed by atoms with van der Waals surface area (Å²) in [5.41, 5.74) is -3.09. The first-order valence-corrected chi connectivity index (χ1v) is 17.4. The third-order valence-electron chi connectivity index (χ3n) is 8.17. The molecular weight excluding hydrogens is 666 g/mol. The second kappa shape index (κ2) is 15.4. The number of ketones is 1. The van der Waals surface area contributed by atoms with E-state index in [-0.39, 0.29) is 18.8 Å². The average Bonchev–Trinajstić information content (AvgIpc) is 2.97. The van der Waals surface area contributed by atoms with Gasteiger partial charge in [-0.1, -0.05) is 29.8 Å². The fraction of sp³-hybridized carbons (Fsp3) is 0.658. The normalized spacial score (nSPS) is 24.7. The van der Waals surface area contributed by atoms with Crippen LogP contribution in [-0.4, -0.2) is 77.9 Å². The number of allylic oxidation sites excluding steroid dienone is 1. The van der Waals surface area contributed by atoms with Crippen LogP contribution < -0.4 is 0 Å². The molecule has 278 valence electrons. The standard InChI is InChI=1S/C38H54ClNO10/c1-35(2,3)31(42)46-21-26-27(48-32(43)36(4,5)6)28(49-33(44)37(7,8)9)29(50-34(45)38(10,11)12)30(47-26)40-18-17-24(41)20-23(40)19-22-15-13-14-16-25(22)39/h13-18,23,26-30H,19-21H2,1-12H3/t23-,26-,27+,28+,29-,30-/m1/s1. The Labute approximate surface area is 301 Å². The van der Waals surface area contributed by atoms with Crippen LogP contribution in [0.2, 0.25) is 5.02 Å². The lowest BCUT2D eigenvalue weighted by Crippen LogP contribution is -2.67. The van der Waals surface area contributed by atoms with Crippen molar-refractivity contribution in [2.24, 2.45) is 21.7 Å². The van der Waals surface area contributed by atoms with Crippen LogP contribution in [0.3, 0.4) is 0 Å². The molecule has 12 heteroatoms. The molecule has 2 heterocycles. The van der Waals surface area contributed by atoms with Crippen molar-refractivity contribution in [1.29, 1.82) is 0 Å². The van der Waals surface area contributed by atoms with Gasteiger partial charge in [-0.15, -0.1) is 0 Å². The Bertz CT molecular complexity index is 1460. The highest BCUT2D eigenvalue weighted by Crippen LogP contribution is 2.37. The number of benzene rings is 1. The third-order valence-corrected chi connectivity index (χ3v) is 8.53. The predicted octanol–water partition coefficient (Wildman–Crippen LogP) is 6.23. The van der Waals surface area contributed by atoms with Gasteiger partial charge < -0.3 is 28.6 Å². The summed E-state index contributed by atoms with van der Waals surface area (Å²) >= 11 is 6.54. The number of hydrogen-bond donors (Lipinski definition) is 0. The molecule has 0 aliphatic carbocycles. The fourth-order valence-electron chi connectivity index (χ4n) is 5.03. The molecule has 1 fully saturated rings. The second-order valence-electron chi connectivity index (χ2n) is 17.2. The van der Waals surface area contributed by atoms with Crippen molar-refractivity contribution in [3.63, 3.8) is 0 Å². The van der Waals surface area contributed by atoms with Gasteiger partial charge in [-0.2, -0.15) is 0 Å². The van der Waals surface area contributed by atoms with Crippen molar-refractivity contribution in [1.82, 2.24) is 4.90 Å². The van der Waals surface area contributed by atoms with Gasteiger partial charge in [-0.25, -0.2) is 0 Å². The highest BCUT2D eigenvalue weighted by atomic mass is 35.5. The number of esters is 4. The topological polar surface area (TPSA) is 135 Å². The minimum atomic E-state index is -1.41. The predicted molar refractivity (Wildman–Crippen MR) is 187 cm³/mol. The first kappa shape index (κ1) is 41.0. The lowest BCUT2D eigenvalue weighted by atomic mass is 9.90. The molecule has 0 amide bonds. The van der Waals surface area contributed by atoms with E-state index in [9.17, 15) is 24.0 Å². The van der Waals surface area contributed by atoms with Gasteiger partial charge in [0.2, 0.25) is 0 Å². The Morgan fingerprint density at radius 2 is 1.22 bits per heavy atom. The van der Waals surface area contributed by atoms with E-state index < -0.39 is 82.2 Å². The lowest BCUT2D eigenvalue weighted by Gasteiger charge is -2.50. The van der Waals surface area contributed by atoms with E-state index in [1.807, 2.05) is 12.1 Å². The van der Waals surface area contributed by atoms with E-state index in [2.05, 4.69) is 0 Å². The zero-order valence-electron chi connectivity index (χ0n) is 31.5. The molecule has 3 rings (SSSR count). The zero-order valence-corrected chi connectivity index (χ0v) is 32.2. The molecule has 0 unspecified atom stereocenters. The van der Waals surface area contributed by atoms with Crippen molar-refractivity contribution < 1.29 is 47.7 Å². The van der Waals surface area contributed by atoms with Gasteiger partial charge in [-0.3, -0.25) is 24.0 Å². The molecule has 6 atom stereocenters. The van der Waals surface area contributed by atoms with Crippen molar-refractivity contribution in [3.8, 4) is 0 Å². The van der Waals surface area contributed by atoms with E-state index >= 15 is 0 Å². The van der Waals surface area contributed by atoms with E-state index in [1.165, 1.54) is 6.08 Å². The van der Waals surface area contributed by atoms with Crippen molar-refractivity contribution in [2.45, 2.75) is 133 Å². The molecule has 1 saturated heterocycles. The van der Waals surface area contributed by atoms with Crippen molar-refractivity contribution in [3.05, 3.63) is 47.1 Å². The van der Waals surface area contributed by atoms with Crippen LogP contribution in [0.5, 0.6) is 0 Å². The molecule has 0 spiro atoms. The van der Waals surface area contributed by atoms with Crippen LogP contribution in [-0.2, 0) is 54.1 Å². The minimum absolute atomic E-state index is 0.0695. The number of hydrogen-bond acceptors (Lipinski definition) is 11. The number of ether oxygens (including phenoxy) is 5. The molecule has 0 saturated carbocycles. The number of carbonyl (C=O) groups excluding carboxylic acids is 5. The summed E-state index contributed by atoms with van der Waals surface area (Å²) in [5.74, 6) is -2.61. The molecule has 2 aliphatic rings. The summed E-state index contributed by atoms with van der Waals surface area (Å²) in [6.45, 7) is 19.7. The number of halogens is 1. The maximum absolute atomic E-state index is 13.7. The van der Waals surface area contributed by atoms with Gasteiger partial charge >= 0.3 is 23.9 Å². The van der Waals surface area contributed by atoms with Crippen LogP contribution in [0.15, 0.2) is 36.5 Å². The van der Waals surface area contributed by atoms with Gasteiger partial charge in [0.1, 0.15) is 12.7 Å². The lowest BCUT2D eigenvalue weighted by molar-refractivity contribution is -0.283. The van der Waals surface area contributed by atoms with Crippen LogP contribution in [0, 0.1) is 21.7 Å². The summed E-state index contributed by atoms with van der Waals surface area (Å²) in [7, 11) is 0. The van der Waals surface area contributed by atoms with Crippen LogP contribution in [0.4, 0.5) is 0 Å². The molecule has 2 aliphatic heterocycles. The molecule has 11 nitrogen and oxygen atoms in total. The Morgan fingerprint density at radius 1 is 0.740 bits per heavy atom. The SMILES string of the molecule is CC(C)(C)C(=O)OC[C@H]1O[C@@H](N2C=CC(=O)C[C@H]2Cc2ccccc2Cl)[C@H](OC(=O)C(C)(C)C)[C@@H](OC(=O)C(C)(C)C)[C@H]1OC(=O)C(C)(C)C. The fourth-order valence-corrected chi connectivity index (χ4v) is 5.24. The molecule has 0 aromatic heterocycles. The number of carbonyl (C=O) groups is 5. The zero-order chi connectivity index (χ0) is 38.0. The molecular formula is C38H54ClNO10. The molecule has 1 aromatic carbocycles. The van der Waals surface area contributed by atoms with Gasteiger partial charge in [0.15, 0.2) is 30.3 Å². The van der Waals surface area contributed by atoms with Gasteiger partial charge in [0, 0.05) is 23.7 Å². The van der Waals surface area contributed by atoms with Gasteiger partial charge in [0.25, 0.3) is 0 Å². The maximum Gasteiger partial charge on any atom is 0.311 e. The van der Waals surface area contributed by atoms with E-state index in [0.717, 1.165) is 5.56 Å². The monoisotopic (exact) mass is 719 g/mol. The first-order chi connectivity index (χ1) is 22.8. The highest BCUT2D eigenvalue weighted by molar-refractivity contribution is 6.31. The number of rotatable bonds is 8. The molecule has 1 aromatic rings. The van der Waals surface area contributed by atoms with E-state index in [0.29, 0.717) is 11.4 Å². The summed E-state index contributed by atoms with van der Waals surface area (Å²) in [6, 6.07) is 6.71. The summed E-state index contributed by atoms with van der Waals surface area (Å²) in [5, 5.41) is 0.507. The Kier molecular flexibility index (Phi) is 12.7. The third kappa shape index (κ3) is 10.5. The molecule has 0 N–H and O–H groups in total. The van der Waals surface area contributed by atoms with E-state index in [1.54, 1.807) is 106 Å². The smallest absolute Gasteiger partial charge is 0.311 e. The van der Waals surface area contributed by atoms with Crippen LogP contribution >= 0.6 is 11.6 Å².